The molecule has 1 atom stereocenters. The largest absolute Gasteiger partial charge is 0.456 e. The third kappa shape index (κ3) is 3.50. The molecule has 0 saturated carbocycles. The smallest absolute Gasteiger partial charge is 0.146 e. The maximum absolute atomic E-state index is 6.20. The Kier molecular flexibility index (Phi) is 4.50. The van der Waals surface area contributed by atoms with Crippen molar-refractivity contribution in [3.63, 3.8) is 0 Å². The quantitative estimate of drug-likeness (QED) is 0.831. The van der Waals surface area contributed by atoms with Crippen molar-refractivity contribution in [1.82, 2.24) is 0 Å². The number of aryl methyl sites for hydroxylation is 1. The highest BCUT2D eigenvalue weighted by Gasteiger charge is 2.07. The molecule has 0 amide bonds. The van der Waals surface area contributed by atoms with Gasteiger partial charge in [-0.05, 0) is 55.3 Å². The Labute approximate surface area is 126 Å². The van der Waals surface area contributed by atoms with Gasteiger partial charge in [-0.25, -0.2) is 0 Å². The van der Waals surface area contributed by atoms with Gasteiger partial charge in [0.1, 0.15) is 11.5 Å². The van der Waals surface area contributed by atoms with Crippen molar-refractivity contribution in [2.24, 2.45) is 5.73 Å². The highest BCUT2D eigenvalue weighted by atomic mass is 79.9. The summed E-state index contributed by atoms with van der Waals surface area (Å²) >= 11 is 9.66. The fourth-order valence-corrected chi connectivity index (χ4v) is 2.16. The van der Waals surface area contributed by atoms with Crippen molar-refractivity contribution < 1.29 is 4.74 Å². The van der Waals surface area contributed by atoms with E-state index in [1.54, 1.807) is 0 Å². The van der Waals surface area contributed by atoms with Gasteiger partial charge in [0.05, 0.1) is 5.02 Å². The standard InChI is InChI=1S/C15H15BrClNO/c1-9-7-12(4-5-13(9)16)19-15-6-3-11(10(2)18)8-14(15)17/h3-8,10H,18H2,1-2H3/t10-/m1/s1. The molecule has 0 aliphatic heterocycles. The van der Waals surface area contributed by atoms with Gasteiger partial charge < -0.3 is 10.5 Å². The summed E-state index contributed by atoms with van der Waals surface area (Å²) in [5.74, 6) is 1.39. The van der Waals surface area contributed by atoms with Crippen molar-refractivity contribution in [2.75, 3.05) is 0 Å². The monoisotopic (exact) mass is 339 g/mol. The first-order valence-electron chi connectivity index (χ1n) is 5.96. The summed E-state index contributed by atoms with van der Waals surface area (Å²) in [6.07, 6.45) is 0. The van der Waals surface area contributed by atoms with Crippen LogP contribution in [0, 0.1) is 6.92 Å². The molecule has 100 valence electrons. The van der Waals surface area contributed by atoms with E-state index in [9.17, 15) is 0 Å². The molecule has 4 heteroatoms. The van der Waals surface area contributed by atoms with Crippen molar-refractivity contribution in [2.45, 2.75) is 19.9 Å². The first-order valence-corrected chi connectivity index (χ1v) is 7.13. The average Bonchev–Trinajstić information content (AvgIpc) is 2.36. The predicted molar refractivity (Wildman–Crippen MR) is 83.0 cm³/mol. The summed E-state index contributed by atoms with van der Waals surface area (Å²) in [7, 11) is 0. The normalized spacial score (nSPS) is 12.3. The van der Waals surface area contributed by atoms with E-state index in [1.807, 2.05) is 50.2 Å². The second-order valence-electron chi connectivity index (χ2n) is 4.49. The lowest BCUT2D eigenvalue weighted by atomic mass is 10.1. The number of rotatable bonds is 3. The van der Waals surface area contributed by atoms with E-state index in [0.29, 0.717) is 10.8 Å². The van der Waals surface area contributed by atoms with Gasteiger partial charge in [-0.15, -0.1) is 0 Å². The molecule has 2 rings (SSSR count). The van der Waals surface area contributed by atoms with Gasteiger partial charge in [0.25, 0.3) is 0 Å². The first-order chi connectivity index (χ1) is 8.97. The highest BCUT2D eigenvalue weighted by molar-refractivity contribution is 9.10. The van der Waals surface area contributed by atoms with Crippen LogP contribution in [-0.2, 0) is 0 Å². The van der Waals surface area contributed by atoms with Crippen LogP contribution in [0.4, 0.5) is 0 Å². The lowest BCUT2D eigenvalue weighted by Gasteiger charge is -2.11. The molecule has 2 N–H and O–H groups in total. The van der Waals surface area contributed by atoms with Gasteiger partial charge in [-0.1, -0.05) is 33.6 Å². The molecule has 2 aromatic rings. The first kappa shape index (κ1) is 14.4. The van der Waals surface area contributed by atoms with Crippen LogP contribution < -0.4 is 10.5 Å². The van der Waals surface area contributed by atoms with Crippen LogP contribution in [0.15, 0.2) is 40.9 Å². The second kappa shape index (κ2) is 5.95. The third-order valence-corrected chi connectivity index (χ3v) is 4.02. The molecular weight excluding hydrogens is 326 g/mol. The molecule has 2 nitrogen and oxygen atoms in total. The van der Waals surface area contributed by atoms with Crippen molar-refractivity contribution >= 4 is 27.5 Å². The summed E-state index contributed by atoms with van der Waals surface area (Å²) < 4.78 is 6.84. The topological polar surface area (TPSA) is 35.2 Å². The molecule has 0 unspecified atom stereocenters. The van der Waals surface area contributed by atoms with Gasteiger partial charge in [-0.3, -0.25) is 0 Å². The SMILES string of the molecule is Cc1cc(Oc2ccc([C@@H](C)N)cc2Cl)ccc1Br. The van der Waals surface area contributed by atoms with Gasteiger partial charge in [0, 0.05) is 10.5 Å². The predicted octanol–water partition coefficient (Wildman–Crippen LogP) is 5.22. The zero-order chi connectivity index (χ0) is 14.0. The van der Waals surface area contributed by atoms with Crippen molar-refractivity contribution in [3.05, 3.63) is 57.0 Å². The number of benzene rings is 2. The summed E-state index contributed by atoms with van der Waals surface area (Å²) in [5.41, 5.74) is 7.92. The zero-order valence-corrected chi connectivity index (χ0v) is 13.1. The van der Waals surface area contributed by atoms with Crippen LogP contribution in [0.2, 0.25) is 5.02 Å². The van der Waals surface area contributed by atoms with Crippen LogP contribution in [0.5, 0.6) is 11.5 Å². The third-order valence-electron chi connectivity index (χ3n) is 2.84. The van der Waals surface area contributed by atoms with E-state index < -0.39 is 0 Å². The number of halogens is 2. The summed E-state index contributed by atoms with van der Waals surface area (Å²) in [5, 5.41) is 0.565. The van der Waals surface area contributed by atoms with Crippen LogP contribution in [0.3, 0.4) is 0 Å². The van der Waals surface area contributed by atoms with Gasteiger partial charge >= 0.3 is 0 Å². The molecule has 0 aliphatic rings. The van der Waals surface area contributed by atoms with E-state index in [4.69, 9.17) is 22.1 Å². The van der Waals surface area contributed by atoms with Gasteiger partial charge in [-0.2, -0.15) is 0 Å². The van der Waals surface area contributed by atoms with E-state index in [-0.39, 0.29) is 6.04 Å². The molecule has 0 aliphatic carbocycles. The Morgan fingerprint density at radius 1 is 1.21 bits per heavy atom. The minimum absolute atomic E-state index is 0.0403. The summed E-state index contributed by atoms with van der Waals surface area (Å²) in [6, 6.07) is 11.4. The zero-order valence-electron chi connectivity index (χ0n) is 10.8. The average molecular weight is 341 g/mol. The lowest BCUT2D eigenvalue weighted by molar-refractivity contribution is 0.482. The number of hydrogen-bond acceptors (Lipinski definition) is 2. The highest BCUT2D eigenvalue weighted by Crippen LogP contribution is 2.32. The molecule has 0 aromatic heterocycles. The number of ether oxygens (including phenoxy) is 1. The van der Waals surface area contributed by atoms with E-state index >= 15 is 0 Å². The Bertz CT molecular complexity index is 599. The number of hydrogen-bond donors (Lipinski definition) is 1. The second-order valence-corrected chi connectivity index (χ2v) is 5.75. The Morgan fingerprint density at radius 2 is 1.95 bits per heavy atom. The molecule has 0 spiro atoms. The van der Waals surface area contributed by atoms with E-state index in [2.05, 4.69) is 15.9 Å². The molecule has 19 heavy (non-hydrogen) atoms. The fourth-order valence-electron chi connectivity index (χ4n) is 1.69. The van der Waals surface area contributed by atoms with Crippen molar-refractivity contribution in [3.8, 4) is 11.5 Å². The molecule has 0 fully saturated rings. The molecule has 0 bridgehead atoms. The van der Waals surface area contributed by atoms with E-state index in [0.717, 1.165) is 21.3 Å². The number of nitrogens with two attached hydrogens (primary N) is 1. The van der Waals surface area contributed by atoms with Crippen molar-refractivity contribution in [1.29, 1.82) is 0 Å². The van der Waals surface area contributed by atoms with Crippen LogP contribution in [0.1, 0.15) is 24.1 Å². The molecule has 0 saturated heterocycles. The van der Waals surface area contributed by atoms with Crippen LogP contribution >= 0.6 is 27.5 Å². The molecule has 2 aromatic carbocycles. The maximum Gasteiger partial charge on any atom is 0.146 e. The van der Waals surface area contributed by atoms with Gasteiger partial charge in [0.15, 0.2) is 0 Å². The Hall–Kier alpha value is -1.03. The molecule has 0 heterocycles. The summed E-state index contributed by atoms with van der Waals surface area (Å²) in [6.45, 7) is 3.93. The Morgan fingerprint density at radius 3 is 2.53 bits per heavy atom. The minimum Gasteiger partial charge on any atom is -0.456 e. The fraction of sp³-hybridized carbons (Fsp3) is 0.200. The molecular formula is C15H15BrClNO. The van der Waals surface area contributed by atoms with E-state index in [1.165, 1.54) is 0 Å². The van der Waals surface area contributed by atoms with Crippen LogP contribution in [-0.4, -0.2) is 0 Å². The molecule has 0 radical (unpaired) electrons. The summed E-state index contributed by atoms with van der Waals surface area (Å²) in [4.78, 5) is 0. The minimum atomic E-state index is -0.0403. The van der Waals surface area contributed by atoms with Gasteiger partial charge in [0.2, 0.25) is 0 Å². The Balaban J connectivity index is 2.25. The maximum atomic E-state index is 6.20. The van der Waals surface area contributed by atoms with Crippen LogP contribution in [0.25, 0.3) is 0 Å². The lowest BCUT2D eigenvalue weighted by Crippen LogP contribution is -2.04.